The summed E-state index contributed by atoms with van der Waals surface area (Å²) in [6.45, 7) is 0.768. The van der Waals surface area contributed by atoms with Gasteiger partial charge < -0.3 is 9.47 Å². The van der Waals surface area contributed by atoms with Gasteiger partial charge in [-0.3, -0.25) is 0 Å². The molecule has 3 rings (SSSR count). The molecule has 1 saturated heterocycles. The fraction of sp³-hybridized carbons (Fsp3) is 0.333. The first kappa shape index (κ1) is 12.9. The molecule has 0 bridgehead atoms. The van der Waals surface area contributed by atoms with E-state index in [4.69, 9.17) is 15.9 Å². The first-order chi connectivity index (χ1) is 9.87. The average molecular weight is 269 g/mol. The minimum atomic E-state index is -0.901. The van der Waals surface area contributed by atoms with Crippen molar-refractivity contribution in [3.8, 4) is 12.3 Å². The van der Waals surface area contributed by atoms with Crippen molar-refractivity contribution in [1.82, 2.24) is 14.8 Å². The number of rotatable bonds is 4. The van der Waals surface area contributed by atoms with E-state index in [1.54, 1.807) is 11.0 Å². The van der Waals surface area contributed by atoms with Gasteiger partial charge in [-0.2, -0.15) is 5.10 Å². The van der Waals surface area contributed by atoms with Crippen LogP contribution in [0.2, 0.25) is 0 Å². The van der Waals surface area contributed by atoms with Gasteiger partial charge in [0.1, 0.15) is 25.3 Å². The summed E-state index contributed by atoms with van der Waals surface area (Å²) < 4.78 is 13.6. The molecule has 5 nitrogen and oxygen atoms in total. The van der Waals surface area contributed by atoms with E-state index in [0.717, 1.165) is 12.0 Å². The molecule has 0 spiro atoms. The molecule has 1 aliphatic heterocycles. The zero-order chi connectivity index (χ0) is 13.8. The summed E-state index contributed by atoms with van der Waals surface area (Å²) in [6, 6.07) is 9.74. The van der Waals surface area contributed by atoms with Crippen molar-refractivity contribution in [3.05, 3.63) is 48.5 Å². The Morgan fingerprint density at radius 1 is 1.45 bits per heavy atom. The Kier molecular flexibility index (Phi) is 3.50. The predicted molar refractivity (Wildman–Crippen MR) is 72.5 cm³/mol. The van der Waals surface area contributed by atoms with Crippen molar-refractivity contribution in [2.24, 2.45) is 0 Å². The Morgan fingerprint density at radius 3 is 3.00 bits per heavy atom. The molecule has 0 amide bonds. The van der Waals surface area contributed by atoms with Gasteiger partial charge in [0.05, 0.1) is 6.61 Å². The number of aromatic nitrogens is 3. The van der Waals surface area contributed by atoms with Gasteiger partial charge in [-0.05, 0) is 6.42 Å². The molecule has 2 aromatic rings. The largest absolute Gasteiger partial charge is 0.344 e. The summed E-state index contributed by atoms with van der Waals surface area (Å²) in [5, 5.41) is 4.22. The topological polar surface area (TPSA) is 49.2 Å². The lowest BCUT2D eigenvalue weighted by Crippen LogP contribution is -2.37. The average Bonchev–Trinajstić information content (AvgIpc) is 3.15. The van der Waals surface area contributed by atoms with Gasteiger partial charge in [-0.15, -0.1) is 6.42 Å². The van der Waals surface area contributed by atoms with E-state index < -0.39 is 5.79 Å². The molecular formula is C15H15N3O2. The number of benzene rings is 1. The molecule has 0 saturated carbocycles. The maximum absolute atomic E-state index is 5.96. The number of terminal acetylenes is 1. The molecule has 2 unspecified atom stereocenters. The molecule has 1 aromatic heterocycles. The summed E-state index contributed by atoms with van der Waals surface area (Å²) >= 11 is 0. The van der Waals surface area contributed by atoms with Crippen molar-refractivity contribution in [1.29, 1.82) is 0 Å². The maximum Gasteiger partial charge on any atom is 0.219 e. The Balaban J connectivity index is 2.03. The molecule has 2 heterocycles. The number of hydrogen-bond acceptors (Lipinski definition) is 4. The smallest absolute Gasteiger partial charge is 0.219 e. The fourth-order valence-corrected chi connectivity index (χ4v) is 2.61. The SMILES string of the molecule is C#CCOC1(c2ccccc2)OCCC1n1cncn1. The molecule has 0 radical (unpaired) electrons. The first-order valence-corrected chi connectivity index (χ1v) is 6.48. The van der Waals surface area contributed by atoms with Gasteiger partial charge in [0, 0.05) is 5.56 Å². The van der Waals surface area contributed by atoms with E-state index in [2.05, 4.69) is 16.0 Å². The Bertz CT molecular complexity index is 591. The van der Waals surface area contributed by atoms with E-state index in [1.165, 1.54) is 6.33 Å². The van der Waals surface area contributed by atoms with Crippen LogP contribution in [0, 0.1) is 12.3 Å². The Labute approximate surface area is 117 Å². The fourth-order valence-electron chi connectivity index (χ4n) is 2.61. The summed E-state index contributed by atoms with van der Waals surface area (Å²) in [4.78, 5) is 4.01. The lowest BCUT2D eigenvalue weighted by atomic mass is 9.98. The number of nitrogens with zero attached hydrogens (tertiary/aromatic N) is 3. The zero-order valence-corrected chi connectivity index (χ0v) is 11.0. The molecule has 1 fully saturated rings. The van der Waals surface area contributed by atoms with Crippen LogP contribution in [0.25, 0.3) is 0 Å². The molecule has 20 heavy (non-hydrogen) atoms. The lowest BCUT2D eigenvalue weighted by molar-refractivity contribution is -0.231. The van der Waals surface area contributed by atoms with Crippen LogP contribution in [0.15, 0.2) is 43.0 Å². The van der Waals surface area contributed by atoms with Crippen molar-refractivity contribution < 1.29 is 9.47 Å². The van der Waals surface area contributed by atoms with E-state index in [9.17, 15) is 0 Å². The van der Waals surface area contributed by atoms with E-state index in [-0.39, 0.29) is 12.6 Å². The van der Waals surface area contributed by atoms with E-state index in [1.807, 2.05) is 30.3 Å². The maximum atomic E-state index is 5.96. The van der Waals surface area contributed by atoms with E-state index >= 15 is 0 Å². The van der Waals surface area contributed by atoms with Crippen LogP contribution in [0.4, 0.5) is 0 Å². The lowest BCUT2D eigenvalue weighted by Gasteiger charge is -2.33. The van der Waals surface area contributed by atoms with Gasteiger partial charge in [0.2, 0.25) is 5.79 Å². The van der Waals surface area contributed by atoms with Gasteiger partial charge in [-0.1, -0.05) is 36.3 Å². The van der Waals surface area contributed by atoms with Gasteiger partial charge in [0.15, 0.2) is 0 Å². The molecule has 0 N–H and O–H groups in total. The summed E-state index contributed by atoms with van der Waals surface area (Å²) in [6.07, 6.45) is 9.32. The monoisotopic (exact) mass is 269 g/mol. The quantitative estimate of drug-likeness (QED) is 0.793. The molecule has 1 aliphatic rings. The predicted octanol–water partition coefficient (Wildman–Crippen LogP) is 1.74. The second kappa shape index (κ2) is 5.45. The van der Waals surface area contributed by atoms with Crippen LogP contribution >= 0.6 is 0 Å². The van der Waals surface area contributed by atoms with Crippen LogP contribution < -0.4 is 0 Å². The molecule has 5 heteroatoms. The molecule has 1 aromatic carbocycles. The van der Waals surface area contributed by atoms with Crippen LogP contribution in [0.3, 0.4) is 0 Å². The van der Waals surface area contributed by atoms with Gasteiger partial charge in [0.25, 0.3) is 0 Å². The number of hydrogen-bond donors (Lipinski definition) is 0. The second-order valence-electron chi connectivity index (χ2n) is 4.55. The van der Waals surface area contributed by atoms with Crippen LogP contribution in [-0.2, 0) is 15.3 Å². The van der Waals surface area contributed by atoms with Crippen molar-refractivity contribution >= 4 is 0 Å². The van der Waals surface area contributed by atoms with Crippen molar-refractivity contribution in [3.63, 3.8) is 0 Å². The third-order valence-corrected chi connectivity index (χ3v) is 3.45. The van der Waals surface area contributed by atoms with Crippen LogP contribution in [-0.4, -0.2) is 28.0 Å². The van der Waals surface area contributed by atoms with Crippen LogP contribution in [0.1, 0.15) is 18.0 Å². The Hall–Kier alpha value is -2.16. The minimum absolute atomic E-state index is 0.0826. The third kappa shape index (κ3) is 2.09. The summed E-state index contributed by atoms with van der Waals surface area (Å²) in [7, 11) is 0. The highest BCUT2D eigenvalue weighted by Gasteiger charge is 2.48. The van der Waals surface area contributed by atoms with Crippen molar-refractivity contribution in [2.75, 3.05) is 13.2 Å². The minimum Gasteiger partial charge on any atom is -0.344 e. The molecular weight excluding hydrogens is 254 g/mol. The highest BCUT2D eigenvalue weighted by atomic mass is 16.7. The van der Waals surface area contributed by atoms with Gasteiger partial charge in [-0.25, -0.2) is 9.67 Å². The highest BCUT2D eigenvalue weighted by Crippen LogP contribution is 2.44. The van der Waals surface area contributed by atoms with E-state index in [0.29, 0.717) is 6.61 Å². The Morgan fingerprint density at radius 2 is 2.30 bits per heavy atom. The highest BCUT2D eigenvalue weighted by molar-refractivity contribution is 5.23. The zero-order valence-electron chi connectivity index (χ0n) is 11.0. The summed E-state index contributed by atoms with van der Waals surface area (Å²) in [5.41, 5.74) is 0.938. The standard InChI is InChI=1S/C15H15N3O2/c1-2-9-19-15(13-6-4-3-5-7-13)14(8-10-20-15)18-12-16-11-17-18/h1,3-7,11-12,14H,8-10H2. The summed E-state index contributed by atoms with van der Waals surface area (Å²) in [5.74, 6) is 1.61. The first-order valence-electron chi connectivity index (χ1n) is 6.48. The normalized spacial score (nSPS) is 25.4. The third-order valence-electron chi connectivity index (χ3n) is 3.45. The molecule has 2 atom stereocenters. The molecule has 0 aliphatic carbocycles. The van der Waals surface area contributed by atoms with Gasteiger partial charge >= 0.3 is 0 Å². The second-order valence-corrected chi connectivity index (χ2v) is 4.55. The van der Waals surface area contributed by atoms with Crippen molar-refractivity contribution in [2.45, 2.75) is 18.2 Å². The number of ether oxygens (including phenoxy) is 2. The van der Waals surface area contributed by atoms with Crippen LogP contribution in [0.5, 0.6) is 0 Å². The molecule has 102 valence electrons.